The maximum Gasteiger partial charge on any atom is 0.0629 e. The molecule has 0 aromatic rings. The van der Waals surface area contributed by atoms with Gasteiger partial charge in [-0.25, -0.2) is 0 Å². The molecule has 1 nitrogen and oxygen atoms in total. The Morgan fingerprint density at radius 2 is 1.71 bits per heavy atom. The fraction of sp³-hybridized carbons (Fsp3) is 0.879. The van der Waals surface area contributed by atoms with Gasteiger partial charge in [0.15, 0.2) is 0 Å². The highest BCUT2D eigenvalue weighted by Gasteiger charge is 2.63. The zero-order valence-electron chi connectivity index (χ0n) is 24.3. The van der Waals surface area contributed by atoms with E-state index >= 15 is 0 Å². The number of rotatable bonds is 7. The summed E-state index contributed by atoms with van der Waals surface area (Å²) in [6.45, 7) is 23.4. The van der Waals surface area contributed by atoms with Gasteiger partial charge in [0.2, 0.25) is 0 Å². The smallest absolute Gasteiger partial charge is 0.0629 e. The molecule has 4 rings (SSSR count). The molecule has 1 heteroatoms. The lowest BCUT2D eigenvalue weighted by Gasteiger charge is -2.62. The first kappa shape index (κ1) is 26.5. The van der Waals surface area contributed by atoms with Gasteiger partial charge in [0.1, 0.15) is 0 Å². The first-order chi connectivity index (χ1) is 15.9. The summed E-state index contributed by atoms with van der Waals surface area (Å²) in [7, 11) is 0. The molecule has 0 aromatic heterocycles. The summed E-state index contributed by atoms with van der Waals surface area (Å²) in [5.74, 6) is 2.49. The highest BCUT2D eigenvalue weighted by atomic mass is 16.5. The maximum absolute atomic E-state index is 6.45. The van der Waals surface area contributed by atoms with Crippen LogP contribution in [-0.4, -0.2) is 12.7 Å². The highest BCUT2D eigenvalue weighted by Crippen LogP contribution is 2.72. The van der Waals surface area contributed by atoms with Gasteiger partial charge >= 0.3 is 0 Å². The van der Waals surface area contributed by atoms with Crippen molar-refractivity contribution in [1.29, 1.82) is 0 Å². The zero-order chi connectivity index (χ0) is 24.9. The SMILES string of the molecule is CCCOC1CC[C@]2(C)C3=C(CCC2C1(C)C)[C@]1(C)CC[C@H]([C@H](C)CCC=C(C)C)[C@]1(C)CC3. The van der Waals surface area contributed by atoms with Crippen LogP contribution in [0.4, 0.5) is 0 Å². The third-order valence-corrected chi connectivity index (χ3v) is 12.1. The second-order valence-corrected chi connectivity index (χ2v) is 14.4. The third kappa shape index (κ3) is 3.99. The van der Waals surface area contributed by atoms with Crippen molar-refractivity contribution in [3.05, 3.63) is 22.8 Å². The Morgan fingerprint density at radius 1 is 0.971 bits per heavy atom. The number of fused-ring (bicyclic) bond motifs is 4. The first-order valence-corrected chi connectivity index (χ1v) is 14.9. The van der Waals surface area contributed by atoms with Crippen LogP contribution in [0.3, 0.4) is 0 Å². The summed E-state index contributed by atoms with van der Waals surface area (Å²) in [5.41, 5.74) is 6.90. The van der Waals surface area contributed by atoms with Crippen molar-refractivity contribution in [2.45, 2.75) is 139 Å². The normalized spacial score (nSPS) is 42.0. The largest absolute Gasteiger partial charge is 0.378 e. The van der Waals surface area contributed by atoms with Crippen molar-refractivity contribution in [3.63, 3.8) is 0 Å². The molecule has 0 radical (unpaired) electrons. The van der Waals surface area contributed by atoms with E-state index in [4.69, 9.17) is 4.74 Å². The molecule has 0 N–H and O–H groups in total. The quantitative estimate of drug-likeness (QED) is 0.338. The van der Waals surface area contributed by atoms with Crippen molar-refractivity contribution < 1.29 is 4.74 Å². The van der Waals surface area contributed by atoms with Gasteiger partial charge in [-0.3, -0.25) is 0 Å². The molecule has 34 heavy (non-hydrogen) atoms. The molecule has 2 unspecified atom stereocenters. The Labute approximate surface area is 212 Å². The summed E-state index contributed by atoms with van der Waals surface area (Å²) in [6.07, 6.45) is 17.6. The average Bonchev–Trinajstić information content (AvgIpc) is 3.04. The van der Waals surface area contributed by atoms with E-state index in [1.807, 2.05) is 11.1 Å². The molecule has 0 aliphatic heterocycles. The van der Waals surface area contributed by atoms with E-state index in [0.29, 0.717) is 22.3 Å². The van der Waals surface area contributed by atoms with Crippen LogP contribution in [0.25, 0.3) is 0 Å². The Hall–Kier alpha value is -0.560. The van der Waals surface area contributed by atoms with Gasteiger partial charge in [0.25, 0.3) is 0 Å². The van der Waals surface area contributed by atoms with Crippen molar-refractivity contribution >= 4 is 0 Å². The first-order valence-electron chi connectivity index (χ1n) is 14.9. The van der Waals surface area contributed by atoms with Crippen LogP contribution in [0.2, 0.25) is 0 Å². The van der Waals surface area contributed by atoms with Crippen molar-refractivity contribution in [2.75, 3.05) is 6.61 Å². The summed E-state index contributed by atoms with van der Waals surface area (Å²) in [6, 6.07) is 0. The number of hydrogen-bond donors (Lipinski definition) is 0. The van der Waals surface area contributed by atoms with E-state index in [2.05, 4.69) is 68.4 Å². The maximum atomic E-state index is 6.45. The minimum atomic E-state index is 0.278. The average molecular weight is 469 g/mol. The number of hydrogen-bond acceptors (Lipinski definition) is 1. The van der Waals surface area contributed by atoms with Crippen LogP contribution >= 0.6 is 0 Å². The van der Waals surface area contributed by atoms with Crippen LogP contribution in [0.5, 0.6) is 0 Å². The number of ether oxygens (including phenoxy) is 1. The van der Waals surface area contributed by atoms with Crippen LogP contribution in [0.15, 0.2) is 22.8 Å². The molecular weight excluding hydrogens is 412 g/mol. The lowest BCUT2D eigenvalue weighted by Crippen LogP contribution is -2.55. The van der Waals surface area contributed by atoms with Crippen LogP contribution in [0, 0.1) is 39.4 Å². The summed E-state index contributed by atoms with van der Waals surface area (Å²) in [4.78, 5) is 0. The zero-order valence-corrected chi connectivity index (χ0v) is 24.3. The molecule has 0 saturated heterocycles. The molecule has 0 spiro atoms. The van der Waals surface area contributed by atoms with E-state index in [9.17, 15) is 0 Å². The van der Waals surface area contributed by atoms with Gasteiger partial charge in [-0.1, -0.05) is 71.3 Å². The van der Waals surface area contributed by atoms with Crippen LogP contribution < -0.4 is 0 Å². The molecule has 0 aromatic carbocycles. The van der Waals surface area contributed by atoms with Gasteiger partial charge < -0.3 is 4.74 Å². The molecule has 2 saturated carbocycles. The Morgan fingerprint density at radius 3 is 2.38 bits per heavy atom. The fourth-order valence-electron chi connectivity index (χ4n) is 10.0. The van der Waals surface area contributed by atoms with E-state index in [1.165, 1.54) is 69.8 Å². The monoisotopic (exact) mass is 468 g/mol. The highest BCUT2D eigenvalue weighted by molar-refractivity contribution is 5.38. The molecule has 2 fully saturated rings. The molecule has 4 aliphatic rings. The Kier molecular flexibility index (Phi) is 7.32. The van der Waals surface area contributed by atoms with E-state index < -0.39 is 0 Å². The van der Waals surface area contributed by atoms with E-state index in [1.54, 1.807) is 0 Å². The molecule has 4 aliphatic carbocycles. The number of allylic oxidation sites excluding steroid dienone is 4. The second-order valence-electron chi connectivity index (χ2n) is 14.4. The van der Waals surface area contributed by atoms with Gasteiger partial charge in [0, 0.05) is 6.61 Å². The van der Waals surface area contributed by atoms with Gasteiger partial charge in [-0.2, -0.15) is 0 Å². The minimum absolute atomic E-state index is 0.278. The van der Waals surface area contributed by atoms with Gasteiger partial charge in [-0.15, -0.1) is 0 Å². The second kappa shape index (κ2) is 9.39. The van der Waals surface area contributed by atoms with Crippen molar-refractivity contribution in [3.8, 4) is 0 Å². The van der Waals surface area contributed by atoms with E-state index in [0.717, 1.165) is 30.8 Å². The molecule has 194 valence electrons. The summed E-state index contributed by atoms with van der Waals surface area (Å²) < 4.78 is 6.45. The predicted octanol–water partition coefficient (Wildman–Crippen LogP) is 9.91. The van der Waals surface area contributed by atoms with Crippen molar-refractivity contribution in [2.24, 2.45) is 39.4 Å². The molecular formula is C33H56O. The minimum Gasteiger partial charge on any atom is -0.378 e. The predicted molar refractivity (Wildman–Crippen MR) is 147 cm³/mol. The van der Waals surface area contributed by atoms with Gasteiger partial charge in [0.05, 0.1) is 6.10 Å². The molecule has 0 bridgehead atoms. The summed E-state index contributed by atoms with van der Waals surface area (Å²) in [5, 5.41) is 0. The molecule has 7 atom stereocenters. The molecule has 0 heterocycles. The lowest BCUT2D eigenvalue weighted by atomic mass is 9.43. The molecule has 0 amide bonds. The standard InChI is InChI=1S/C33H56O/c1-10-22-34-29-18-19-31(7)26-17-21-32(8)25(24(4)13-11-12-23(2)3)16-20-33(32,9)27(26)14-15-28(31)30(29,5)6/h12,24-25,28-29H,10-11,13-22H2,1-9H3/t24-,25-,28?,29?,31-,32+,33+/m1/s1. The van der Waals surface area contributed by atoms with Crippen molar-refractivity contribution in [1.82, 2.24) is 0 Å². The lowest BCUT2D eigenvalue weighted by molar-refractivity contribution is -0.126. The topological polar surface area (TPSA) is 9.23 Å². The fourth-order valence-corrected chi connectivity index (χ4v) is 10.0. The van der Waals surface area contributed by atoms with E-state index in [-0.39, 0.29) is 5.41 Å². The Bertz CT molecular complexity index is 812. The Balaban J connectivity index is 1.61. The van der Waals surface area contributed by atoms with Gasteiger partial charge in [-0.05, 0) is 124 Å². The van der Waals surface area contributed by atoms with Crippen LogP contribution in [-0.2, 0) is 4.74 Å². The summed E-state index contributed by atoms with van der Waals surface area (Å²) >= 11 is 0. The van der Waals surface area contributed by atoms with Crippen LogP contribution in [0.1, 0.15) is 133 Å². The third-order valence-electron chi connectivity index (χ3n) is 12.1.